The van der Waals surface area contributed by atoms with E-state index in [1.807, 2.05) is 12.1 Å². The molecule has 3 aromatic rings. The van der Waals surface area contributed by atoms with Gasteiger partial charge in [-0.15, -0.1) is 10.2 Å². The van der Waals surface area contributed by atoms with Gasteiger partial charge in [0, 0.05) is 12.0 Å². The average molecular weight is 473 g/mol. The van der Waals surface area contributed by atoms with E-state index in [1.165, 1.54) is 61.4 Å². The zero-order chi connectivity index (χ0) is 23.0. The third kappa shape index (κ3) is 4.65. The summed E-state index contributed by atoms with van der Waals surface area (Å²) in [5.74, 6) is 3.95. The molecule has 0 saturated heterocycles. The minimum atomic E-state index is 0.0581. The molecule has 4 aliphatic rings. The third-order valence-corrected chi connectivity index (χ3v) is 8.92. The second-order valence-electron chi connectivity index (χ2n) is 10.7. The molecule has 34 heavy (non-hydrogen) atoms. The number of amides is 1. The molecule has 0 radical (unpaired) electrons. The van der Waals surface area contributed by atoms with Crippen molar-refractivity contribution in [3.63, 3.8) is 0 Å². The Morgan fingerprint density at radius 2 is 1.47 bits per heavy atom. The third-order valence-electron chi connectivity index (χ3n) is 7.96. The average Bonchev–Trinajstić information content (AvgIpc) is 3.19. The summed E-state index contributed by atoms with van der Waals surface area (Å²) < 4.78 is 2.17. The molecule has 0 unspecified atom stereocenters. The van der Waals surface area contributed by atoms with E-state index in [9.17, 15) is 4.79 Å². The molecule has 1 N–H and O–H groups in total. The molecule has 5 nitrogen and oxygen atoms in total. The normalized spacial score (nSPS) is 27.1. The van der Waals surface area contributed by atoms with Gasteiger partial charge in [-0.25, -0.2) is 0 Å². The number of aromatic nitrogens is 3. The Balaban J connectivity index is 1.16. The van der Waals surface area contributed by atoms with Gasteiger partial charge in [0.15, 0.2) is 5.16 Å². The van der Waals surface area contributed by atoms with Gasteiger partial charge in [-0.2, -0.15) is 0 Å². The molecule has 4 fully saturated rings. The molecule has 1 heterocycles. The van der Waals surface area contributed by atoms with Crippen molar-refractivity contribution in [2.45, 2.75) is 62.2 Å². The number of nitrogens with one attached hydrogen (secondary N) is 1. The monoisotopic (exact) mass is 472 g/mol. The SMILES string of the molecule is O=C(CSc1nnc(Cc2ccccc2)n1Cc1ccccc1)NC12CC3CC(CC(C3)C1)C2. The Hall–Kier alpha value is -2.60. The number of rotatable bonds is 8. The van der Waals surface area contributed by atoms with E-state index in [-0.39, 0.29) is 11.4 Å². The van der Waals surface area contributed by atoms with E-state index in [0.717, 1.165) is 35.2 Å². The van der Waals surface area contributed by atoms with Gasteiger partial charge in [0.1, 0.15) is 5.82 Å². The van der Waals surface area contributed by atoms with Gasteiger partial charge < -0.3 is 9.88 Å². The number of carbonyl (C=O) groups is 1. The lowest BCUT2D eigenvalue weighted by Crippen LogP contribution is -2.60. The number of thioether (sulfide) groups is 1. The fraction of sp³-hybridized carbons (Fsp3) is 0.464. The van der Waals surface area contributed by atoms with Crippen LogP contribution in [0.1, 0.15) is 55.5 Å². The molecule has 6 heteroatoms. The molecule has 0 atom stereocenters. The van der Waals surface area contributed by atoms with Crippen LogP contribution in [0.25, 0.3) is 0 Å². The van der Waals surface area contributed by atoms with Crippen molar-refractivity contribution in [3.05, 3.63) is 77.6 Å². The van der Waals surface area contributed by atoms with Crippen LogP contribution in [0.15, 0.2) is 65.8 Å². The Labute approximate surface area is 205 Å². The van der Waals surface area contributed by atoms with Crippen molar-refractivity contribution in [2.75, 3.05) is 5.75 Å². The summed E-state index contributed by atoms with van der Waals surface area (Å²) in [4.78, 5) is 13.1. The van der Waals surface area contributed by atoms with E-state index in [0.29, 0.717) is 12.3 Å². The lowest BCUT2D eigenvalue weighted by molar-refractivity contribution is -0.124. The highest BCUT2D eigenvalue weighted by atomic mass is 32.2. The molecule has 176 valence electrons. The highest BCUT2D eigenvalue weighted by Gasteiger charge is 2.51. The first-order valence-corrected chi connectivity index (χ1v) is 13.6. The minimum absolute atomic E-state index is 0.0581. The number of carbonyl (C=O) groups excluding carboxylic acids is 1. The molecule has 4 bridgehead atoms. The molecule has 0 spiro atoms. The molecule has 4 saturated carbocycles. The lowest BCUT2D eigenvalue weighted by Gasteiger charge is -2.56. The first kappa shape index (κ1) is 21.9. The zero-order valence-electron chi connectivity index (χ0n) is 19.5. The second-order valence-corrected chi connectivity index (χ2v) is 11.6. The summed E-state index contributed by atoms with van der Waals surface area (Å²) in [6.45, 7) is 0.703. The molecule has 1 aromatic heterocycles. The summed E-state index contributed by atoms with van der Waals surface area (Å²) in [6, 6.07) is 20.8. The maximum Gasteiger partial charge on any atom is 0.230 e. The van der Waals surface area contributed by atoms with Crippen LogP contribution in [0, 0.1) is 17.8 Å². The summed E-state index contributed by atoms with van der Waals surface area (Å²) in [6.07, 6.45) is 8.42. The number of benzene rings is 2. The Morgan fingerprint density at radius 3 is 2.09 bits per heavy atom. The maximum absolute atomic E-state index is 13.1. The fourth-order valence-corrected chi connectivity index (χ4v) is 7.74. The van der Waals surface area contributed by atoms with Crippen LogP contribution in [0.3, 0.4) is 0 Å². The quantitative estimate of drug-likeness (QED) is 0.464. The van der Waals surface area contributed by atoms with Crippen LogP contribution < -0.4 is 5.32 Å². The molecular weight excluding hydrogens is 440 g/mol. The van der Waals surface area contributed by atoms with Gasteiger partial charge in [0.05, 0.1) is 12.3 Å². The largest absolute Gasteiger partial charge is 0.350 e. The van der Waals surface area contributed by atoms with Crippen molar-refractivity contribution >= 4 is 17.7 Å². The molecule has 2 aromatic carbocycles. The van der Waals surface area contributed by atoms with Gasteiger partial charge in [-0.05, 0) is 67.4 Å². The van der Waals surface area contributed by atoms with Crippen molar-refractivity contribution in [1.82, 2.24) is 20.1 Å². The van der Waals surface area contributed by atoms with Gasteiger partial charge in [-0.3, -0.25) is 4.79 Å². The molecule has 0 aliphatic heterocycles. The minimum Gasteiger partial charge on any atom is -0.350 e. The van der Waals surface area contributed by atoms with Crippen LogP contribution in [0.4, 0.5) is 0 Å². The van der Waals surface area contributed by atoms with E-state index < -0.39 is 0 Å². The van der Waals surface area contributed by atoms with Gasteiger partial charge >= 0.3 is 0 Å². The first-order valence-electron chi connectivity index (χ1n) is 12.6. The maximum atomic E-state index is 13.1. The van der Waals surface area contributed by atoms with Crippen LogP contribution in [0.5, 0.6) is 0 Å². The number of hydrogen-bond donors (Lipinski definition) is 1. The van der Waals surface area contributed by atoms with Gasteiger partial charge in [-0.1, -0.05) is 72.4 Å². The summed E-state index contributed by atoms with van der Waals surface area (Å²) in [7, 11) is 0. The molecular formula is C28H32N4OS. The Morgan fingerprint density at radius 1 is 0.882 bits per heavy atom. The summed E-state index contributed by atoms with van der Waals surface area (Å²) in [5.41, 5.74) is 2.47. The van der Waals surface area contributed by atoms with Crippen molar-refractivity contribution in [3.8, 4) is 0 Å². The predicted molar refractivity (Wildman–Crippen MR) is 135 cm³/mol. The van der Waals surface area contributed by atoms with Crippen LogP contribution in [0.2, 0.25) is 0 Å². The van der Waals surface area contributed by atoms with Crippen molar-refractivity contribution in [2.24, 2.45) is 17.8 Å². The summed E-state index contributed by atoms with van der Waals surface area (Å²) in [5, 5.41) is 13.3. The highest BCUT2D eigenvalue weighted by molar-refractivity contribution is 7.99. The predicted octanol–water partition coefficient (Wildman–Crippen LogP) is 5.09. The van der Waals surface area contributed by atoms with Crippen LogP contribution in [-0.4, -0.2) is 32.0 Å². The fourth-order valence-electron chi connectivity index (χ4n) is 6.99. The number of nitrogens with zero attached hydrogens (tertiary/aromatic N) is 3. The van der Waals surface area contributed by atoms with Gasteiger partial charge in [0.2, 0.25) is 5.91 Å². The van der Waals surface area contributed by atoms with Gasteiger partial charge in [0.25, 0.3) is 0 Å². The first-order chi connectivity index (χ1) is 16.6. The van der Waals surface area contributed by atoms with E-state index in [1.54, 1.807) is 0 Å². The second kappa shape index (κ2) is 9.21. The number of hydrogen-bond acceptors (Lipinski definition) is 4. The van der Waals surface area contributed by atoms with Crippen LogP contribution >= 0.6 is 11.8 Å². The van der Waals surface area contributed by atoms with Crippen molar-refractivity contribution in [1.29, 1.82) is 0 Å². The zero-order valence-corrected chi connectivity index (χ0v) is 20.3. The highest BCUT2D eigenvalue weighted by Crippen LogP contribution is 2.55. The van der Waals surface area contributed by atoms with Crippen molar-refractivity contribution < 1.29 is 4.79 Å². The van der Waals surface area contributed by atoms with E-state index in [4.69, 9.17) is 0 Å². The topological polar surface area (TPSA) is 59.8 Å². The molecule has 1 amide bonds. The van der Waals surface area contributed by atoms with E-state index >= 15 is 0 Å². The summed E-state index contributed by atoms with van der Waals surface area (Å²) >= 11 is 1.51. The smallest absolute Gasteiger partial charge is 0.230 e. The Kier molecular flexibility index (Phi) is 5.94. The lowest BCUT2D eigenvalue weighted by atomic mass is 9.53. The molecule has 4 aliphatic carbocycles. The molecule has 7 rings (SSSR count). The Bertz CT molecular complexity index is 1110. The van der Waals surface area contributed by atoms with Crippen LogP contribution in [-0.2, 0) is 17.8 Å². The standard InChI is InChI=1S/C28H32N4OS/c33-26(29-28-15-22-11-23(16-28)13-24(12-22)17-28)19-34-27-31-30-25(14-20-7-3-1-4-8-20)32(27)18-21-9-5-2-6-10-21/h1-10,22-24H,11-19H2,(H,29,33). The van der Waals surface area contributed by atoms with E-state index in [2.05, 4.69) is 68.6 Å².